The van der Waals surface area contributed by atoms with Gasteiger partial charge in [-0.25, -0.2) is 0 Å². The van der Waals surface area contributed by atoms with Gasteiger partial charge in [-0.2, -0.15) is 0 Å². The molecule has 2 aromatic carbocycles. The van der Waals surface area contributed by atoms with Gasteiger partial charge in [-0.1, -0.05) is 29.8 Å². The van der Waals surface area contributed by atoms with Crippen molar-refractivity contribution >= 4 is 24.0 Å². The van der Waals surface area contributed by atoms with Crippen LogP contribution in [0.15, 0.2) is 36.4 Å². The number of methoxy groups -OCH3 is 3. The molecular formula is C18H23Cl2NO3. The molecule has 6 heteroatoms. The predicted molar refractivity (Wildman–Crippen MR) is 100 cm³/mol. The van der Waals surface area contributed by atoms with Gasteiger partial charge in [-0.15, -0.1) is 12.4 Å². The van der Waals surface area contributed by atoms with Crippen molar-refractivity contribution in [3.8, 4) is 17.2 Å². The molecule has 0 heterocycles. The second-order valence-corrected chi connectivity index (χ2v) is 5.44. The van der Waals surface area contributed by atoms with Crippen molar-refractivity contribution in [1.82, 2.24) is 5.32 Å². The first-order valence-electron chi connectivity index (χ1n) is 7.42. The van der Waals surface area contributed by atoms with Crippen molar-refractivity contribution in [3.05, 3.63) is 52.5 Å². The Morgan fingerprint density at radius 3 is 2.21 bits per heavy atom. The third-order valence-electron chi connectivity index (χ3n) is 3.63. The Bertz CT molecular complexity index is 650. The molecule has 0 saturated carbocycles. The number of ether oxygens (including phenoxy) is 3. The van der Waals surface area contributed by atoms with Gasteiger partial charge < -0.3 is 19.5 Å². The summed E-state index contributed by atoms with van der Waals surface area (Å²) in [5, 5.41) is 3.97. The lowest BCUT2D eigenvalue weighted by molar-refractivity contribution is 0.398. The molecule has 0 saturated heterocycles. The van der Waals surface area contributed by atoms with Crippen molar-refractivity contribution in [1.29, 1.82) is 0 Å². The highest BCUT2D eigenvalue weighted by molar-refractivity contribution is 6.32. The molecule has 0 aliphatic carbocycles. The summed E-state index contributed by atoms with van der Waals surface area (Å²) in [6, 6.07) is 11.7. The van der Waals surface area contributed by atoms with Crippen LogP contribution in [0.2, 0.25) is 5.02 Å². The van der Waals surface area contributed by atoms with E-state index in [0.29, 0.717) is 10.8 Å². The minimum atomic E-state index is 0. The van der Waals surface area contributed by atoms with Crippen LogP contribution in [0.5, 0.6) is 17.2 Å². The van der Waals surface area contributed by atoms with Crippen LogP contribution in [-0.4, -0.2) is 27.9 Å². The number of hydrogen-bond donors (Lipinski definition) is 1. The summed E-state index contributed by atoms with van der Waals surface area (Å²) in [7, 11) is 4.94. The summed E-state index contributed by atoms with van der Waals surface area (Å²) in [5.74, 6) is 2.33. The Hall–Kier alpha value is -1.62. The summed E-state index contributed by atoms with van der Waals surface area (Å²) in [6.07, 6.45) is 0.811. The maximum atomic E-state index is 6.12. The minimum Gasteiger partial charge on any atom is -0.496 e. The van der Waals surface area contributed by atoms with Gasteiger partial charge in [0.05, 0.1) is 26.4 Å². The molecule has 2 rings (SSSR count). The molecule has 0 atom stereocenters. The molecule has 0 aliphatic rings. The van der Waals surface area contributed by atoms with E-state index in [1.54, 1.807) is 27.4 Å². The first kappa shape index (κ1) is 20.4. The van der Waals surface area contributed by atoms with Gasteiger partial charge in [0.15, 0.2) is 0 Å². The van der Waals surface area contributed by atoms with Gasteiger partial charge in [0.1, 0.15) is 17.2 Å². The van der Waals surface area contributed by atoms with E-state index >= 15 is 0 Å². The second-order valence-electron chi connectivity index (χ2n) is 5.04. The molecule has 1 N–H and O–H groups in total. The number of rotatable bonds is 8. The fraction of sp³-hybridized carbons (Fsp3) is 0.333. The summed E-state index contributed by atoms with van der Waals surface area (Å²) in [6.45, 7) is 1.55. The third-order valence-corrected chi connectivity index (χ3v) is 3.93. The smallest absolute Gasteiger partial charge is 0.137 e. The molecule has 0 amide bonds. The zero-order valence-electron chi connectivity index (χ0n) is 14.1. The zero-order valence-corrected chi connectivity index (χ0v) is 15.7. The van der Waals surface area contributed by atoms with E-state index in [4.69, 9.17) is 25.8 Å². The van der Waals surface area contributed by atoms with Crippen LogP contribution < -0.4 is 19.5 Å². The van der Waals surface area contributed by atoms with E-state index < -0.39 is 0 Å². The number of para-hydroxylation sites is 1. The highest BCUT2D eigenvalue weighted by Crippen LogP contribution is 2.32. The molecule has 0 radical (unpaired) electrons. The average Bonchev–Trinajstić information content (AvgIpc) is 2.59. The molecule has 24 heavy (non-hydrogen) atoms. The maximum absolute atomic E-state index is 6.12. The fourth-order valence-corrected chi connectivity index (χ4v) is 2.64. The van der Waals surface area contributed by atoms with Gasteiger partial charge in [0.2, 0.25) is 0 Å². The Morgan fingerprint density at radius 1 is 0.875 bits per heavy atom. The van der Waals surface area contributed by atoms with Crippen LogP contribution in [0.4, 0.5) is 0 Å². The van der Waals surface area contributed by atoms with E-state index in [2.05, 4.69) is 11.4 Å². The molecule has 0 aromatic heterocycles. The first-order chi connectivity index (χ1) is 11.2. The van der Waals surface area contributed by atoms with E-state index in [1.807, 2.05) is 24.3 Å². The molecule has 0 spiro atoms. The molecule has 0 aliphatic heterocycles. The zero-order chi connectivity index (χ0) is 16.7. The summed E-state index contributed by atoms with van der Waals surface area (Å²) in [4.78, 5) is 0. The van der Waals surface area contributed by atoms with Crippen LogP contribution in [0.3, 0.4) is 0 Å². The van der Waals surface area contributed by atoms with Gasteiger partial charge >= 0.3 is 0 Å². The Morgan fingerprint density at radius 2 is 1.54 bits per heavy atom. The Kier molecular flexibility index (Phi) is 8.76. The van der Waals surface area contributed by atoms with Crippen molar-refractivity contribution in [2.24, 2.45) is 0 Å². The highest BCUT2D eigenvalue weighted by atomic mass is 35.5. The second kappa shape index (κ2) is 10.3. The van der Waals surface area contributed by atoms with Crippen LogP contribution in [0, 0.1) is 0 Å². The van der Waals surface area contributed by atoms with Crippen molar-refractivity contribution in [3.63, 3.8) is 0 Å². The summed E-state index contributed by atoms with van der Waals surface area (Å²) in [5.41, 5.74) is 2.19. The molecule has 2 aromatic rings. The lowest BCUT2D eigenvalue weighted by Gasteiger charge is -2.13. The first-order valence-corrected chi connectivity index (χ1v) is 7.80. The van der Waals surface area contributed by atoms with Crippen molar-refractivity contribution < 1.29 is 14.2 Å². The Balaban J connectivity index is 0.00000288. The standard InChI is InChI=1S/C18H22ClNO3.ClH/c1-21-16-7-5-4-6-14(16)12-20-9-8-13-10-18(23-3)15(19)11-17(13)22-2;/h4-7,10-11,20H,8-9,12H2,1-3H3;1H. The molecule has 0 unspecified atom stereocenters. The minimum absolute atomic E-state index is 0. The predicted octanol–water partition coefficient (Wildman–Crippen LogP) is 4.12. The normalized spacial score (nSPS) is 10.0. The lowest BCUT2D eigenvalue weighted by atomic mass is 10.1. The van der Waals surface area contributed by atoms with E-state index in [0.717, 1.165) is 42.1 Å². The monoisotopic (exact) mass is 371 g/mol. The number of halogens is 2. The van der Waals surface area contributed by atoms with E-state index in [9.17, 15) is 0 Å². The molecule has 0 bridgehead atoms. The van der Waals surface area contributed by atoms with Crippen LogP contribution in [0.25, 0.3) is 0 Å². The van der Waals surface area contributed by atoms with Gasteiger partial charge in [0.25, 0.3) is 0 Å². The Labute approximate surface area is 154 Å². The molecular weight excluding hydrogens is 349 g/mol. The van der Waals surface area contributed by atoms with Crippen LogP contribution in [-0.2, 0) is 13.0 Å². The summed E-state index contributed by atoms with van der Waals surface area (Å²) >= 11 is 6.12. The van der Waals surface area contributed by atoms with Crippen molar-refractivity contribution in [2.75, 3.05) is 27.9 Å². The maximum Gasteiger partial charge on any atom is 0.137 e. The fourth-order valence-electron chi connectivity index (χ4n) is 2.41. The molecule has 4 nitrogen and oxygen atoms in total. The number of benzene rings is 2. The van der Waals surface area contributed by atoms with Gasteiger partial charge in [-0.05, 0) is 30.7 Å². The van der Waals surface area contributed by atoms with Gasteiger partial charge in [0, 0.05) is 18.2 Å². The summed E-state index contributed by atoms with van der Waals surface area (Å²) < 4.78 is 16.0. The topological polar surface area (TPSA) is 39.7 Å². The third kappa shape index (κ3) is 5.20. The van der Waals surface area contributed by atoms with E-state index in [1.165, 1.54) is 0 Å². The van der Waals surface area contributed by atoms with Gasteiger partial charge in [-0.3, -0.25) is 0 Å². The van der Waals surface area contributed by atoms with E-state index in [-0.39, 0.29) is 12.4 Å². The molecule has 132 valence electrons. The average molecular weight is 372 g/mol. The number of nitrogens with one attached hydrogen (secondary N) is 1. The number of hydrogen-bond acceptors (Lipinski definition) is 4. The van der Waals surface area contributed by atoms with Crippen LogP contribution in [0.1, 0.15) is 11.1 Å². The largest absolute Gasteiger partial charge is 0.496 e. The van der Waals surface area contributed by atoms with Crippen molar-refractivity contribution in [2.45, 2.75) is 13.0 Å². The molecule has 0 fully saturated rings. The lowest BCUT2D eigenvalue weighted by Crippen LogP contribution is -2.17. The SMILES string of the molecule is COc1cc(CCNCc2ccccc2OC)c(OC)cc1Cl.Cl. The van der Waals surface area contributed by atoms with Crippen LogP contribution >= 0.6 is 24.0 Å². The highest BCUT2D eigenvalue weighted by Gasteiger charge is 2.10. The quantitative estimate of drug-likeness (QED) is 0.708.